The normalized spacial score (nSPS) is 34.1. The van der Waals surface area contributed by atoms with Gasteiger partial charge in [-0.1, -0.05) is 6.42 Å². The summed E-state index contributed by atoms with van der Waals surface area (Å²) in [6.07, 6.45) is 4.56. The van der Waals surface area contributed by atoms with Crippen LogP contribution in [-0.4, -0.2) is 21.2 Å². The van der Waals surface area contributed by atoms with Gasteiger partial charge in [0.05, 0.1) is 5.41 Å². The lowest BCUT2D eigenvalue weighted by Gasteiger charge is -2.02. The Morgan fingerprint density at radius 2 is 2.50 bits per heavy atom. The Kier molecular flexibility index (Phi) is 1.33. The van der Waals surface area contributed by atoms with Gasteiger partial charge >= 0.3 is 5.97 Å². The molecule has 14 heavy (non-hydrogen) atoms. The molecule has 0 aromatic carbocycles. The molecule has 0 spiro atoms. The fraction of sp³-hybridized carbons (Fsp3) is 0.667. The topological polar surface area (TPSA) is 76.2 Å². The van der Waals surface area contributed by atoms with Crippen molar-refractivity contribution >= 4 is 5.97 Å². The third-order valence-electron chi connectivity index (χ3n) is 3.45. The van der Waals surface area contributed by atoms with Gasteiger partial charge in [0.25, 0.3) is 5.82 Å². The minimum Gasteiger partial charge on any atom is -0.475 e. The SMILES string of the molecule is O=C(O)c1noc(C23CCCC2C3)n1. The van der Waals surface area contributed by atoms with Crippen LogP contribution in [0, 0.1) is 5.92 Å². The zero-order valence-electron chi connectivity index (χ0n) is 7.56. The summed E-state index contributed by atoms with van der Waals surface area (Å²) in [4.78, 5) is 14.5. The summed E-state index contributed by atoms with van der Waals surface area (Å²) < 4.78 is 5.01. The number of hydrogen-bond acceptors (Lipinski definition) is 4. The average Bonchev–Trinajstić information content (AvgIpc) is 2.63. The van der Waals surface area contributed by atoms with Gasteiger partial charge in [0.1, 0.15) is 0 Å². The predicted octanol–water partition coefficient (Wildman–Crippen LogP) is 1.21. The molecule has 0 radical (unpaired) electrons. The number of hydrogen-bond donors (Lipinski definition) is 1. The van der Waals surface area contributed by atoms with Crippen molar-refractivity contribution in [3.05, 3.63) is 11.7 Å². The molecule has 1 heterocycles. The molecule has 1 aromatic heterocycles. The lowest BCUT2D eigenvalue weighted by Crippen LogP contribution is -2.06. The molecule has 0 saturated heterocycles. The summed E-state index contributed by atoms with van der Waals surface area (Å²) in [6, 6.07) is 0. The van der Waals surface area contributed by atoms with E-state index in [2.05, 4.69) is 10.1 Å². The lowest BCUT2D eigenvalue weighted by molar-refractivity contribution is 0.0680. The van der Waals surface area contributed by atoms with Gasteiger partial charge in [-0.25, -0.2) is 4.79 Å². The van der Waals surface area contributed by atoms with Crippen LogP contribution in [0.3, 0.4) is 0 Å². The molecule has 3 rings (SSSR count). The van der Waals surface area contributed by atoms with Crippen molar-refractivity contribution in [1.82, 2.24) is 10.1 Å². The van der Waals surface area contributed by atoms with Gasteiger partial charge in [-0.2, -0.15) is 4.98 Å². The highest BCUT2D eigenvalue weighted by Gasteiger charge is 2.61. The van der Waals surface area contributed by atoms with Gasteiger partial charge < -0.3 is 9.63 Å². The van der Waals surface area contributed by atoms with Crippen molar-refractivity contribution in [3.63, 3.8) is 0 Å². The Morgan fingerprint density at radius 3 is 3.00 bits per heavy atom. The highest BCUT2D eigenvalue weighted by atomic mass is 16.5. The van der Waals surface area contributed by atoms with E-state index in [1.807, 2.05) is 0 Å². The molecule has 74 valence electrons. The molecule has 2 fully saturated rings. The first-order chi connectivity index (χ1) is 6.72. The average molecular weight is 194 g/mol. The van der Waals surface area contributed by atoms with Gasteiger partial charge in [-0.05, 0) is 30.3 Å². The number of carboxylic acid groups (broad SMARTS) is 1. The van der Waals surface area contributed by atoms with E-state index >= 15 is 0 Å². The maximum Gasteiger partial charge on any atom is 0.377 e. The van der Waals surface area contributed by atoms with Crippen molar-refractivity contribution in [2.24, 2.45) is 5.92 Å². The maximum atomic E-state index is 10.6. The second-order valence-electron chi connectivity index (χ2n) is 4.18. The van der Waals surface area contributed by atoms with Crippen LogP contribution in [0.25, 0.3) is 0 Å². The van der Waals surface area contributed by atoms with Crippen LogP contribution in [0.15, 0.2) is 4.52 Å². The van der Waals surface area contributed by atoms with Crippen molar-refractivity contribution in [1.29, 1.82) is 0 Å². The zero-order chi connectivity index (χ0) is 9.76. The third kappa shape index (κ3) is 0.867. The standard InChI is InChI=1S/C9H10N2O3/c12-7(13)6-10-8(14-11-6)9-3-1-2-5(9)4-9/h5H,1-4H2,(H,12,13). The highest BCUT2D eigenvalue weighted by Crippen LogP contribution is 2.63. The Morgan fingerprint density at radius 1 is 1.64 bits per heavy atom. The second kappa shape index (κ2) is 2.34. The summed E-state index contributed by atoms with van der Waals surface area (Å²) >= 11 is 0. The quantitative estimate of drug-likeness (QED) is 0.765. The monoisotopic (exact) mass is 194 g/mol. The molecule has 0 amide bonds. The molecular formula is C9H10N2O3. The fourth-order valence-electron chi connectivity index (χ4n) is 2.61. The Balaban J connectivity index is 1.94. The number of aromatic nitrogens is 2. The number of rotatable bonds is 2. The van der Waals surface area contributed by atoms with E-state index in [1.54, 1.807) is 0 Å². The molecule has 0 aliphatic heterocycles. The van der Waals surface area contributed by atoms with Crippen LogP contribution in [-0.2, 0) is 5.41 Å². The van der Waals surface area contributed by atoms with E-state index in [-0.39, 0.29) is 11.2 Å². The zero-order valence-corrected chi connectivity index (χ0v) is 7.56. The molecule has 5 heteroatoms. The Labute approximate surface area is 80.1 Å². The van der Waals surface area contributed by atoms with Crippen LogP contribution in [0.5, 0.6) is 0 Å². The van der Waals surface area contributed by atoms with Gasteiger partial charge in [0.2, 0.25) is 5.89 Å². The smallest absolute Gasteiger partial charge is 0.377 e. The molecule has 0 bridgehead atoms. The van der Waals surface area contributed by atoms with Gasteiger partial charge in [0.15, 0.2) is 0 Å². The van der Waals surface area contributed by atoms with Crippen LogP contribution < -0.4 is 0 Å². The van der Waals surface area contributed by atoms with Crippen LogP contribution >= 0.6 is 0 Å². The molecule has 1 aromatic rings. The molecule has 2 aliphatic carbocycles. The number of carboxylic acids is 1. The summed E-state index contributed by atoms with van der Waals surface area (Å²) in [5.41, 5.74) is 0.0562. The summed E-state index contributed by atoms with van der Waals surface area (Å²) in [6.45, 7) is 0. The summed E-state index contributed by atoms with van der Waals surface area (Å²) in [5, 5.41) is 12.1. The lowest BCUT2D eigenvalue weighted by atomic mass is 10.0. The number of carbonyl (C=O) groups is 1. The van der Waals surface area contributed by atoms with E-state index in [4.69, 9.17) is 9.63 Å². The predicted molar refractivity (Wildman–Crippen MR) is 44.9 cm³/mol. The minimum absolute atomic E-state index is 0.0562. The van der Waals surface area contributed by atoms with Crippen molar-refractivity contribution in [2.45, 2.75) is 31.1 Å². The van der Waals surface area contributed by atoms with E-state index in [9.17, 15) is 4.79 Å². The summed E-state index contributed by atoms with van der Waals surface area (Å²) in [7, 11) is 0. The number of aromatic carboxylic acids is 1. The van der Waals surface area contributed by atoms with E-state index < -0.39 is 5.97 Å². The largest absolute Gasteiger partial charge is 0.475 e. The Bertz CT molecular complexity index is 401. The van der Waals surface area contributed by atoms with Crippen molar-refractivity contribution in [2.75, 3.05) is 0 Å². The summed E-state index contributed by atoms with van der Waals surface area (Å²) in [5.74, 6) is -0.138. The number of nitrogens with zero attached hydrogens (tertiary/aromatic N) is 2. The van der Waals surface area contributed by atoms with E-state index in [0.29, 0.717) is 11.8 Å². The molecule has 5 nitrogen and oxygen atoms in total. The molecule has 2 saturated carbocycles. The molecule has 1 N–H and O–H groups in total. The molecule has 2 atom stereocenters. The van der Waals surface area contributed by atoms with Crippen LogP contribution in [0.1, 0.15) is 42.2 Å². The molecule has 2 unspecified atom stereocenters. The first-order valence-electron chi connectivity index (χ1n) is 4.80. The van der Waals surface area contributed by atoms with Crippen molar-refractivity contribution < 1.29 is 14.4 Å². The van der Waals surface area contributed by atoms with Crippen LogP contribution in [0.2, 0.25) is 0 Å². The van der Waals surface area contributed by atoms with Gasteiger partial charge in [-0.3, -0.25) is 0 Å². The minimum atomic E-state index is -1.12. The van der Waals surface area contributed by atoms with Gasteiger partial charge in [-0.15, -0.1) is 0 Å². The fourth-order valence-corrected chi connectivity index (χ4v) is 2.61. The van der Waals surface area contributed by atoms with E-state index in [1.165, 1.54) is 12.8 Å². The number of fused-ring (bicyclic) bond motifs is 1. The van der Waals surface area contributed by atoms with E-state index in [0.717, 1.165) is 12.8 Å². The van der Waals surface area contributed by atoms with Crippen molar-refractivity contribution in [3.8, 4) is 0 Å². The maximum absolute atomic E-state index is 10.6. The van der Waals surface area contributed by atoms with Gasteiger partial charge in [0, 0.05) is 0 Å². The molecule has 2 aliphatic rings. The third-order valence-corrected chi connectivity index (χ3v) is 3.45. The Hall–Kier alpha value is -1.39. The van der Waals surface area contributed by atoms with Crippen LogP contribution in [0.4, 0.5) is 0 Å². The first kappa shape index (κ1) is 7.96. The first-order valence-corrected chi connectivity index (χ1v) is 4.80. The highest BCUT2D eigenvalue weighted by molar-refractivity contribution is 5.82. The molecular weight excluding hydrogens is 184 g/mol. The second-order valence-corrected chi connectivity index (χ2v) is 4.18.